The molecular weight excluding hydrogens is 266 g/mol. The molecule has 0 atom stereocenters. The first kappa shape index (κ1) is 12.6. The van der Waals surface area contributed by atoms with E-state index in [1.54, 1.807) is 12.4 Å². The molecule has 1 fully saturated rings. The van der Waals surface area contributed by atoms with E-state index in [-0.39, 0.29) is 5.60 Å². The fourth-order valence-corrected chi connectivity index (χ4v) is 3.85. The highest BCUT2D eigenvalue weighted by Crippen LogP contribution is 2.51. The highest BCUT2D eigenvalue weighted by atomic mass is 16.5. The topological polar surface area (TPSA) is 59.4 Å². The zero-order chi connectivity index (χ0) is 14.4. The largest absolute Gasteiger partial charge is 0.480 e. The normalized spacial score (nSPS) is 22.4. The van der Waals surface area contributed by atoms with Gasteiger partial charge in [-0.05, 0) is 43.4 Å². The lowest BCUT2D eigenvalue weighted by Crippen LogP contribution is -2.42. The molecule has 1 spiro atoms. The van der Waals surface area contributed by atoms with Crippen LogP contribution in [-0.4, -0.2) is 21.7 Å². The van der Waals surface area contributed by atoms with Crippen molar-refractivity contribution in [3.63, 3.8) is 0 Å². The van der Waals surface area contributed by atoms with Gasteiger partial charge in [0.2, 0.25) is 0 Å². The van der Waals surface area contributed by atoms with Gasteiger partial charge in [-0.2, -0.15) is 0 Å². The molecule has 108 valence electrons. The van der Waals surface area contributed by atoms with E-state index in [1.807, 2.05) is 12.1 Å². The monoisotopic (exact) mass is 283 g/mol. The minimum absolute atomic E-state index is 0.333. The van der Waals surface area contributed by atoms with Gasteiger partial charge in [0.05, 0.1) is 6.20 Å². The Bertz CT molecular complexity index is 681. The van der Waals surface area contributed by atoms with Crippen molar-refractivity contribution in [3.05, 3.63) is 41.2 Å². The van der Waals surface area contributed by atoms with Crippen LogP contribution in [0.4, 0.5) is 0 Å². The molecule has 1 aromatic heterocycles. The van der Waals surface area contributed by atoms with Crippen molar-refractivity contribution in [2.45, 2.75) is 44.1 Å². The summed E-state index contributed by atoms with van der Waals surface area (Å²) in [6, 6.07) is 1.93. The van der Waals surface area contributed by atoms with Gasteiger partial charge in [0.15, 0.2) is 0 Å². The summed E-state index contributed by atoms with van der Waals surface area (Å²) in [5.74, 6) is -0.0239. The summed E-state index contributed by atoms with van der Waals surface area (Å²) in [6.07, 6.45) is 11.2. The van der Waals surface area contributed by atoms with Crippen LogP contribution in [0.5, 0.6) is 5.75 Å². The van der Waals surface area contributed by atoms with E-state index in [0.717, 1.165) is 48.1 Å². The predicted molar refractivity (Wildman–Crippen MR) is 77.9 cm³/mol. The van der Waals surface area contributed by atoms with E-state index in [9.17, 15) is 9.90 Å². The van der Waals surface area contributed by atoms with Crippen LogP contribution in [0.2, 0.25) is 0 Å². The van der Waals surface area contributed by atoms with E-state index in [0.29, 0.717) is 12.0 Å². The molecule has 0 radical (unpaired) electrons. The molecule has 1 saturated carbocycles. The summed E-state index contributed by atoms with van der Waals surface area (Å²) in [4.78, 5) is 15.5. The number of aliphatic carboxylic acids is 1. The van der Waals surface area contributed by atoms with Crippen LogP contribution in [0.1, 0.15) is 44.1 Å². The molecule has 2 aliphatic carbocycles. The number of allylic oxidation sites excluding steroid dienone is 1. The number of hydrogen-bond donors (Lipinski definition) is 1. The van der Waals surface area contributed by atoms with Gasteiger partial charge in [0.1, 0.15) is 11.4 Å². The first-order chi connectivity index (χ1) is 10.2. The second-order valence-corrected chi connectivity index (χ2v) is 6.07. The molecule has 0 amide bonds. The molecule has 0 saturated heterocycles. The third kappa shape index (κ3) is 1.82. The quantitative estimate of drug-likeness (QED) is 0.858. The number of rotatable bonds is 1. The first-order valence-electron chi connectivity index (χ1n) is 7.50. The van der Waals surface area contributed by atoms with Crippen LogP contribution in [0.15, 0.2) is 35.7 Å². The van der Waals surface area contributed by atoms with Crippen molar-refractivity contribution in [2.24, 2.45) is 0 Å². The van der Waals surface area contributed by atoms with E-state index >= 15 is 0 Å². The van der Waals surface area contributed by atoms with E-state index in [4.69, 9.17) is 4.74 Å². The molecule has 2 heterocycles. The van der Waals surface area contributed by atoms with Crippen LogP contribution < -0.4 is 4.74 Å². The Morgan fingerprint density at radius 1 is 1.29 bits per heavy atom. The van der Waals surface area contributed by atoms with E-state index < -0.39 is 5.97 Å². The minimum Gasteiger partial charge on any atom is -0.480 e. The number of carboxylic acids is 1. The molecule has 0 bridgehead atoms. The molecule has 0 unspecified atom stereocenters. The van der Waals surface area contributed by atoms with Crippen LogP contribution >= 0.6 is 0 Å². The van der Waals surface area contributed by atoms with Gasteiger partial charge in [0, 0.05) is 29.3 Å². The van der Waals surface area contributed by atoms with Crippen molar-refractivity contribution >= 4 is 11.5 Å². The van der Waals surface area contributed by atoms with Gasteiger partial charge in [-0.1, -0.05) is 6.42 Å². The third-order valence-corrected chi connectivity index (χ3v) is 4.85. The Morgan fingerprint density at radius 2 is 2.10 bits per heavy atom. The molecular formula is C17H17NO3. The number of carboxylic acid groups (broad SMARTS) is 1. The third-order valence-electron chi connectivity index (χ3n) is 4.85. The fourth-order valence-electron chi connectivity index (χ4n) is 3.85. The second-order valence-electron chi connectivity index (χ2n) is 6.07. The SMILES string of the molecule is O=C(O)C1=CC2=C(C1)c1ccncc1OC21CCCCC1. The molecule has 3 aliphatic rings. The Hall–Kier alpha value is -2.10. The molecule has 21 heavy (non-hydrogen) atoms. The van der Waals surface area contributed by atoms with Crippen LogP contribution in [0.3, 0.4) is 0 Å². The average Bonchev–Trinajstić information content (AvgIpc) is 2.95. The lowest BCUT2D eigenvalue weighted by Gasteiger charge is -2.42. The van der Waals surface area contributed by atoms with Crippen molar-refractivity contribution in [2.75, 3.05) is 0 Å². The number of pyridine rings is 1. The predicted octanol–water partition coefficient (Wildman–Crippen LogP) is 3.35. The Morgan fingerprint density at radius 3 is 2.86 bits per heavy atom. The zero-order valence-corrected chi connectivity index (χ0v) is 11.8. The zero-order valence-electron chi connectivity index (χ0n) is 11.8. The van der Waals surface area contributed by atoms with Gasteiger partial charge in [-0.25, -0.2) is 4.79 Å². The Kier molecular flexibility index (Phi) is 2.67. The van der Waals surface area contributed by atoms with Gasteiger partial charge in [-0.15, -0.1) is 0 Å². The van der Waals surface area contributed by atoms with Crippen LogP contribution in [-0.2, 0) is 4.79 Å². The summed E-state index contributed by atoms with van der Waals surface area (Å²) in [7, 11) is 0. The number of fused-ring (bicyclic) bond motifs is 3. The summed E-state index contributed by atoms with van der Waals surface area (Å²) in [5.41, 5.74) is 3.36. The maximum Gasteiger partial charge on any atom is 0.331 e. The Labute approximate surface area is 123 Å². The van der Waals surface area contributed by atoms with Crippen molar-refractivity contribution in [1.29, 1.82) is 0 Å². The summed E-state index contributed by atoms with van der Waals surface area (Å²) in [5, 5.41) is 9.35. The van der Waals surface area contributed by atoms with Gasteiger partial charge in [0.25, 0.3) is 0 Å². The van der Waals surface area contributed by atoms with Gasteiger partial charge in [-0.3, -0.25) is 4.98 Å². The number of carbonyl (C=O) groups is 1. The molecule has 1 aliphatic heterocycles. The highest BCUT2D eigenvalue weighted by molar-refractivity contribution is 5.96. The lowest BCUT2D eigenvalue weighted by molar-refractivity contribution is -0.132. The van der Waals surface area contributed by atoms with Crippen LogP contribution in [0, 0.1) is 0 Å². The number of ether oxygens (including phenoxy) is 1. The number of aromatic nitrogens is 1. The minimum atomic E-state index is -0.828. The summed E-state index contributed by atoms with van der Waals surface area (Å²) >= 11 is 0. The van der Waals surface area contributed by atoms with E-state index in [2.05, 4.69) is 4.98 Å². The average molecular weight is 283 g/mol. The molecule has 4 nitrogen and oxygen atoms in total. The number of nitrogens with zero attached hydrogens (tertiary/aromatic N) is 1. The molecule has 0 aromatic carbocycles. The summed E-state index contributed by atoms with van der Waals surface area (Å²) < 4.78 is 6.34. The van der Waals surface area contributed by atoms with Crippen molar-refractivity contribution in [3.8, 4) is 5.75 Å². The molecule has 1 aromatic rings. The Balaban J connectivity index is 1.87. The first-order valence-corrected chi connectivity index (χ1v) is 7.50. The summed E-state index contributed by atoms with van der Waals surface area (Å²) in [6.45, 7) is 0. The molecule has 4 heteroatoms. The van der Waals surface area contributed by atoms with Gasteiger partial charge < -0.3 is 9.84 Å². The highest BCUT2D eigenvalue weighted by Gasteiger charge is 2.45. The number of hydrogen-bond acceptors (Lipinski definition) is 3. The smallest absolute Gasteiger partial charge is 0.331 e. The van der Waals surface area contributed by atoms with Crippen molar-refractivity contribution < 1.29 is 14.6 Å². The lowest BCUT2D eigenvalue weighted by atomic mass is 9.76. The second kappa shape index (κ2) is 4.45. The van der Waals surface area contributed by atoms with Crippen LogP contribution in [0.25, 0.3) is 5.57 Å². The van der Waals surface area contributed by atoms with Gasteiger partial charge >= 0.3 is 5.97 Å². The fraction of sp³-hybridized carbons (Fsp3) is 0.412. The molecule has 1 N–H and O–H groups in total. The maximum atomic E-state index is 11.4. The van der Waals surface area contributed by atoms with E-state index in [1.165, 1.54) is 6.42 Å². The maximum absolute atomic E-state index is 11.4. The molecule has 4 rings (SSSR count). The standard InChI is InChI=1S/C17H17NO3/c19-16(20)11-8-13-12-4-7-18-10-15(12)21-17(14(13)9-11)5-2-1-3-6-17/h4,7,9-10H,1-3,5-6,8H2,(H,19,20). The van der Waals surface area contributed by atoms with Crippen molar-refractivity contribution in [1.82, 2.24) is 4.98 Å².